The molecular formula is C15H22FN3O2. The van der Waals surface area contributed by atoms with Crippen LogP contribution in [0.1, 0.15) is 13.3 Å². The van der Waals surface area contributed by atoms with Crippen molar-refractivity contribution in [2.75, 3.05) is 39.0 Å². The molecule has 0 bridgehead atoms. The highest BCUT2D eigenvalue weighted by molar-refractivity contribution is 5.91. The molecule has 0 heterocycles. The fraction of sp³-hybridized carbons (Fsp3) is 0.467. The third-order valence-electron chi connectivity index (χ3n) is 3.02. The second-order valence-corrected chi connectivity index (χ2v) is 5.09. The Morgan fingerprint density at radius 3 is 2.38 bits per heavy atom. The van der Waals surface area contributed by atoms with Crippen molar-refractivity contribution < 1.29 is 14.0 Å². The number of hydrogen-bond donors (Lipinski definition) is 1. The summed E-state index contributed by atoms with van der Waals surface area (Å²) in [5.74, 6) is -0.853. The Kier molecular flexibility index (Phi) is 6.81. The minimum absolute atomic E-state index is 0.0736. The Balaban J connectivity index is 2.46. The van der Waals surface area contributed by atoms with Gasteiger partial charge in [-0.2, -0.15) is 0 Å². The molecule has 0 atom stereocenters. The fourth-order valence-corrected chi connectivity index (χ4v) is 1.76. The van der Waals surface area contributed by atoms with Gasteiger partial charge in [-0.3, -0.25) is 9.59 Å². The van der Waals surface area contributed by atoms with Crippen LogP contribution in [0.4, 0.5) is 10.1 Å². The first-order valence-electron chi connectivity index (χ1n) is 6.84. The van der Waals surface area contributed by atoms with Crippen molar-refractivity contribution in [2.24, 2.45) is 0 Å². The zero-order valence-electron chi connectivity index (χ0n) is 12.7. The Labute approximate surface area is 124 Å². The molecule has 0 radical (unpaired) electrons. The fourth-order valence-electron chi connectivity index (χ4n) is 1.76. The van der Waals surface area contributed by atoms with Crippen molar-refractivity contribution in [2.45, 2.75) is 13.3 Å². The van der Waals surface area contributed by atoms with Crippen molar-refractivity contribution >= 4 is 17.5 Å². The van der Waals surface area contributed by atoms with Gasteiger partial charge in [0.05, 0.1) is 5.69 Å². The molecule has 1 aromatic rings. The molecule has 0 unspecified atom stereocenters. The van der Waals surface area contributed by atoms with Crippen molar-refractivity contribution in [3.05, 3.63) is 30.1 Å². The van der Waals surface area contributed by atoms with Crippen LogP contribution in [0.5, 0.6) is 0 Å². The maximum absolute atomic E-state index is 13.4. The lowest BCUT2D eigenvalue weighted by Gasteiger charge is -2.22. The van der Waals surface area contributed by atoms with E-state index in [9.17, 15) is 14.0 Å². The van der Waals surface area contributed by atoms with Crippen LogP contribution < -0.4 is 5.32 Å². The maximum Gasteiger partial charge on any atom is 0.226 e. The van der Waals surface area contributed by atoms with Crippen LogP contribution in [-0.2, 0) is 9.59 Å². The minimum Gasteiger partial charge on any atom is -0.341 e. The monoisotopic (exact) mass is 295 g/mol. The summed E-state index contributed by atoms with van der Waals surface area (Å²) in [6, 6.07) is 6.00. The smallest absolute Gasteiger partial charge is 0.226 e. The lowest BCUT2D eigenvalue weighted by molar-refractivity contribution is -0.129. The summed E-state index contributed by atoms with van der Waals surface area (Å²) in [6.07, 6.45) is 0.140. The number of nitrogens with one attached hydrogen (secondary N) is 1. The van der Waals surface area contributed by atoms with E-state index < -0.39 is 5.82 Å². The summed E-state index contributed by atoms with van der Waals surface area (Å²) < 4.78 is 13.4. The van der Waals surface area contributed by atoms with Gasteiger partial charge in [0.15, 0.2) is 0 Å². The average molecular weight is 295 g/mol. The number of hydrogen-bond acceptors (Lipinski definition) is 3. The van der Waals surface area contributed by atoms with Crippen molar-refractivity contribution in [3.63, 3.8) is 0 Å². The van der Waals surface area contributed by atoms with E-state index in [0.717, 1.165) is 6.54 Å². The van der Waals surface area contributed by atoms with Gasteiger partial charge in [0.25, 0.3) is 0 Å². The number of anilines is 1. The van der Waals surface area contributed by atoms with Gasteiger partial charge in [-0.05, 0) is 26.2 Å². The van der Waals surface area contributed by atoms with Gasteiger partial charge in [-0.1, -0.05) is 12.1 Å². The van der Waals surface area contributed by atoms with Crippen LogP contribution in [0.15, 0.2) is 24.3 Å². The molecular weight excluding hydrogens is 273 g/mol. The van der Waals surface area contributed by atoms with Crippen LogP contribution in [-0.4, -0.2) is 55.3 Å². The number of likely N-dealkylation sites (N-methyl/N-ethyl adjacent to an activating group) is 1. The van der Waals surface area contributed by atoms with Crippen LogP contribution in [0.2, 0.25) is 0 Å². The molecule has 0 aliphatic heterocycles. The van der Waals surface area contributed by atoms with E-state index in [0.29, 0.717) is 13.1 Å². The third-order valence-corrected chi connectivity index (χ3v) is 3.02. The summed E-state index contributed by atoms with van der Waals surface area (Å²) in [7, 11) is 3.84. The van der Waals surface area contributed by atoms with Gasteiger partial charge in [0.2, 0.25) is 11.8 Å². The normalized spacial score (nSPS) is 10.5. The lowest BCUT2D eigenvalue weighted by Crippen LogP contribution is -2.37. The number of para-hydroxylation sites is 1. The zero-order chi connectivity index (χ0) is 15.8. The van der Waals surface area contributed by atoms with E-state index in [2.05, 4.69) is 5.32 Å². The van der Waals surface area contributed by atoms with Crippen LogP contribution >= 0.6 is 0 Å². The van der Waals surface area contributed by atoms with Crippen molar-refractivity contribution in [1.29, 1.82) is 0 Å². The van der Waals surface area contributed by atoms with Crippen LogP contribution in [0, 0.1) is 5.82 Å². The molecule has 0 aliphatic rings. The van der Waals surface area contributed by atoms with Crippen LogP contribution in [0.3, 0.4) is 0 Å². The standard InChI is InChI=1S/C15H22FN3O2/c1-12(20)19(11-10-18(2)3)9-8-15(21)17-14-7-5-4-6-13(14)16/h4-7H,8-11H2,1-3H3,(H,17,21). The number of benzene rings is 1. The van der Waals surface area contributed by atoms with E-state index in [4.69, 9.17) is 0 Å². The molecule has 0 aromatic heterocycles. The van der Waals surface area contributed by atoms with E-state index in [1.807, 2.05) is 19.0 Å². The largest absolute Gasteiger partial charge is 0.341 e. The number of rotatable bonds is 7. The highest BCUT2D eigenvalue weighted by Gasteiger charge is 2.12. The number of carbonyl (C=O) groups excluding carboxylic acids is 2. The SMILES string of the molecule is CC(=O)N(CCC(=O)Nc1ccccc1F)CCN(C)C. The molecule has 1 rings (SSSR count). The average Bonchev–Trinajstić information content (AvgIpc) is 2.40. The molecule has 0 fully saturated rings. The van der Waals surface area contributed by atoms with Crippen molar-refractivity contribution in [1.82, 2.24) is 9.80 Å². The molecule has 5 nitrogen and oxygen atoms in total. The quantitative estimate of drug-likeness (QED) is 0.830. The molecule has 0 spiro atoms. The van der Waals surface area contributed by atoms with Gasteiger partial charge >= 0.3 is 0 Å². The Morgan fingerprint density at radius 1 is 1.14 bits per heavy atom. The van der Waals surface area contributed by atoms with Gasteiger partial charge in [0, 0.05) is 33.0 Å². The molecule has 6 heteroatoms. The van der Waals surface area contributed by atoms with Gasteiger partial charge in [-0.25, -0.2) is 4.39 Å². The van der Waals surface area contributed by atoms with Crippen molar-refractivity contribution in [3.8, 4) is 0 Å². The molecule has 21 heavy (non-hydrogen) atoms. The predicted molar refractivity (Wildman–Crippen MR) is 80.5 cm³/mol. The van der Waals surface area contributed by atoms with E-state index in [1.165, 1.54) is 19.1 Å². The zero-order valence-corrected chi connectivity index (χ0v) is 12.7. The predicted octanol–water partition coefficient (Wildman–Crippen LogP) is 1.56. The Hall–Kier alpha value is -1.95. The molecule has 2 amide bonds. The maximum atomic E-state index is 13.4. The Morgan fingerprint density at radius 2 is 1.81 bits per heavy atom. The van der Waals surface area contributed by atoms with E-state index in [1.54, 1.807) is 17.0 Å². The Bertz CT molecular complexity index is 492. The number of nitrogens with zero attached hydrogens (tertiary/aromatic N) is 2. The third kappa shape index (κ3) is 6.35. The first-order valence-corrected chi connectivity index (χ1v) is 6.84. The minimum atomic E-state index is -0.470. The molecule has 0 aliphatic carbocycles. The second kappa shape index (κ2) is 8.36. The molecule has 1 aromatic carbocycles. The lowest BCUT2D eigenvalue weighted by atomic mass is 10.3. The number of carbonyl (C=O) groups is 2. The first kappa shape index (κ1) is 17.1. The van der Waals surface area contributed by atoms with Gasteiger partial charge < -0.3 is 15.1 Å². The second-order valence-electron chi connectivity index (χ2n) is 5.09. The molecule has 116 valence electrons. The van der Waals surface area contributed by atoms with Gasteiger partial charge in [-0.15, -0.1) is 0 Å². The first-order chi connectivity index (χ1) is 9.90. The summed E-state index contributed by atoms with van der Waals surface area (Å²) >= 11 is 0. The molecule has 0 saturated carbocycles. The van der Waals surface area contributed by atoms with Crippen LogP contribution in [0.25, 0.3) is 0 Å². The summed E-state index contributed by atoms with van der Waals surface area (Å²) in [6.45, 7) is 3.09. The summed E-state index contributed by atoms with van der Waals surface area (Å²) in [5.41, 5.74) is 0.158. The topological polar surface area (TPSA) is 52.7 Å². The number of halogens is 1. The highest BCUT2D eigenvalue weighted by Crippen LogP contribution is 2.12. The summed E-state index contributed by atoms with van der Waals surface area (Å²) in [5, 5.41) is 2.51. The van der Waals surface area contributed by atoms with E-state index in [-0.39, 0.29) is 23.9 Å². The van der Waals surface area contributed by atoms with Gasteiger partial charge in [0.1, 0.15) is 5.82 Å². The highest BCUT2D eigenvalue weighted by atomic mass is 19.1. The molecule has 0 saturated heterocycles. The number of amides is 2. The van der Waals surface area contributed by atoms with E-state index >= 15 is 0 Å². The molecule has 1 N–H and O–H groups in total. The summed E-state index contributed by atoms with van der Waals surface area (Å²) in [4.78, 5) is 26.9.